The molecule has 1 amide bonds. The third-order valence-corrected chi connectivity index (χ3v) is 4.50. The first kappa shape index (κ1) is 26.4. The van der Waals surface area contributed by atoms with E-state index in [0.717, 1.165) is 16.9 Å². The number of hydrogen-bond acceptors (Lipinski definition) is 8. The van der Waals surface area contributed by atoms with Gasteiger partial charge in [-0.05, 0) is 35.7 Å². The molecule has 9 nitrogen and oxygen atoms in total. The average Bonchev–Trinajstić information content (AvgIpc) is 2.85. The van der Waals surface area contributed by atoms with Crippen LogP contribution in [0.4, 0.5) is 0 Å². The van der Waals surface area contributed by atoms with E-state index in [9.17, 15) is 4.79 Å². The standard InChI is InChI=1S/C25H32N4O5/c1-17(2)15-33-21-13-11-19(12-14-21)23(28-31-5)18(3)27-34-16-20-9-7-8-10-22(20)24(29-32-6)25(30)26-4/h7-14,17,27H,3,15-16H2,1-2,4-6H3,(H,26,30). The van der Waals surface area contributed by atoms with Crippen molar-refractivity contribution in [2.24, 2.45) is 16.2 Å². The molecule has 0 spiro atoms. The fourth-order valence-electron chi connectivity index (χ4n) is 2.89. The summed E-state index contributed by atoms with van der Waals surface area (Å²) in [6.07, 6.45) is 0. The molecule has 0 aromatic heterocycles. The van der Waals surface area contributed by atoms with Gasteiger partial charge in [0.2, 0.25) is 0 Å². The first-order chi connectivity index (χ1) is 16.4. The molecule has 0 aliphatic rings. The smallest absolute Gasteiger partial charge is 0.273 e. The van der Waals surface area contributed by atoms with Crippen LogP contribution >= 0.6 is 0 Å². The first-order valence-electron chi connectivity index (χ1n) is 10.7. The van der Waals surface area contributed by atoms with Gasteiger partial charge in [-0.25, -0.2) is 0 Å². The van der Waals surface area contributed by atoms with Crippen molar-refractivity contribution in [2.45, 2.75) is 20.5 Å². The second-order valence-electron chi connectivity index (χ2n) is 7.58. The molecule has 0 bridgehead atoms. The number of nitrogens with zero attached hydrogens (tertiary/aromatic N) is 2. The van der Waals surface area contributed by atoms with E-state index in [2.05, 4.69) is 41.5 Å². The van der Waals surface area contributed by atoms with Gasteiger partial charge in [0.25, 0.3) is 5.91 Å². The normalized spacial score (nSPS) is 11.7. The number of benzene rings is 2. The first-order valence-corrected chi connectivity index (χ1v) is 10.7. The molecule has 182 valence electrons. The van der Waals surface area contributed by atoms with Crippen LogP contribution in [0.2, 0.25) is 0 Å². The van der Waals surface area contributed by atoms with Crippen molar-refractivity contribution in [3.63, 3.8) is 0 Å². The molecule has 2 aromatic rings. The highest BCUT2D eigenvalue weighted by Crippen LogP contribution is 2.17. The maximum Gasteiger partial charge on any atom is 0.273 e. The summed E-state index contributed by atoms with van der Waals surface area (Å²) < 4.78 is 5.73. The van der Waals surface area contributed by atoms with Gasteiger partial charge < -0.3 is 19.7 Å². The zero-order valence-electron chi connectivity index (χ0n) is 20.3. The molecule has 0 aliphatic carbocycles. The number of nitrogens with one attached hydrogen (secondary N) is 2. The maximum absolute atomic E-state index is 12.2. The van der Waals surface area contributed by atoms with Crippen LogP contribution < -0.4 is 15.5 Å². The van der Waals surface area contributed by atoms with Gasteiger partial charge in [0.05, 0.1) is 12.3 Å². The Balaban J connectivity index is 2.09. The number of amides is 1. The molecule has 0 saturated heterocycles. The van der Waals surface area contributed by atoms with Crippen LogP contribution in [-0.4, -0.2) is 45.2 Å². The van der Waals surface area contributed by atoms with Gasteiger partial charge in [0, 0.05) is 18.2 Å². The van der Waals surface area contributed by atoms with E-state index in [1.165, 1.54) is 21.3 Å². The van der Waals surface area contributed by atoms with Crippen molar-refractivity contribution < 1.29 is 24.0 Å². The molecule has 0 fully saturated rings. The van der Waals surface area contributed by atoms with Gasteiger partial charge in [-0.3, -0.25) is 15.1 Å². The molecule has 0 saturated carbocycles. The zero-order valence-corrected chi connectivity index (χ0v) is 20.3. The van der Waals surface area contributed by atoms with Crippen molar-refractivity contribution in [2.75, 3.05) is 27.9 Å². The Labute approximate surface area is 200 Å². The van der Waals surface area contributed by atoms with Crippen LogP contribution in [0, 0.1) is 5.92 Å². The zero-order chi connectivity index (χ0) is 24.9. The second kappa shape index (κ2) is 13.6. The van der Waals surface area contributed by atoms with E-state index in [4.69, 9.17) is 19.2 Å². The average molecular weight is 469 g/mol. The van der Waals surface area contributed by atoms with Crippen LogP contribution in [0.1, 0.15) is 30.5 Å². The lowest BCUT2D eigenvalue weighted by atomic mass is 10.0. The molecule has 2 rings (SSSR count). The fraction of sp³-hybridized carbons (Fsp3) is 0.320. The summed E-state index contributed by atoms with van der Waals surface area (Å²) in [5.74, 6) is 0.831. The van der Waals surface area contributed by atoms with E-state index in [1.807, 2.05) is 36.4 Å². The van der Waals surface area contributed by atoms with Gasteiger partial charge in [-0.2, -0.15) is 0 Å². The van der Waals surface area contributed by atoms with E-state index in [-0.39, 0.29) is 18.2 Å². The number of allylic oxidation sites excluding steroid dienone is 1. The molecule has 0 radical (unpaired) electrons. The second-order valence-corrected chi connectivity index (χ2v) is 7.58. The van der Waals surface area contributed by atoms with Gasteiger partial charge in [-0.15, -0.1) is 0 Å². The minimum Gasteiger partial charge on any atom is -0.493 e. The summed E-state index contributed by atoms with van der Waals surface area (Å²) in [6.45, 7) is 8.95. The number of likely N-dealkylation sites (N-methyl/N-ethyl adjacent to an activating group) is 1. The monoisotopic (exact) mass is 468 g/mol. The van der Waals surface area contributed by atoms with Gasteiger partial charge in [0.15, 0.2) is 5.71 Å². The molecule has 9 heteroatoms. The SMILES string of the molecule is C=C(NOCc1ccccc1C(=NOC)C(=O)NC)C(=NOC)c1ccc(OCC(C)C)cc1. The minimum absolute atomic E-state index is 0.122. The van der Waals surface area contributed by atoms with Crippen molar-refractivity contribution >= 4 is 17.3 Å². The van der Waals surface area contributed by atoms with Crippen LogP contribution in [0.15, 0.2) is 71.1 Å². The van der Waals surface area contributed by atoms with Crippen LogP contribution in [0.5, 0.6) is 5.75 Å². The Kier molecular flexibility index (Phi) is 10.6. The minimum atomic E-state index is -0.373. The molecule has 0 atom stereocenters. The lowest BCUT2D eigenvalue weighted by Crippen LogP contribution is -2.29. The van der Waals surface area contributed by atoms with Gasteiger partial charge in [0.1, 0.15) is 32.3 Å². The van der Waals surface area contributed by atoms with Crippen molar-refractivity contribution in [3.8, 4) is 5.75 Å². The molecule has 0 aliphatic heterocycles. The summed E-state index contributed by atoms with van der Waals surface area (Å²) in [7, 11) is 4.37. The Morgan fingerprint density at radius 2 is 1.65 bits per heavy atom. The Hall–Kier alpha value is -3.85. The third kappa shape index (κ3) is 7.63. The molecule has 34 heavy (non-hydrogen) atoms. The quantitative estimate of drug-likeness (QED) is 0.345. The number of carbonyl (C=O) groups is 1. The summed E-state index contributed by atoms with van der Waals surface area (Å²) >= 11 is 0. The summed E-state index contributed by atoms with van der Waals surface area (Å²) in [6, 6.07) is 14.7. The third-order valence-electron chi connectivity index (χ3n) is 4.50. The highest BCUT2D eigenvalue weighted by Gasteiger charge is 2.18. The van der Waals surface area contributed by atoms with Crippen LogP contribution in [-0.2, 0) is 25.9 Å². The summed E-state index contributed by atoms with van der Waals surface area (Å²) in [4.78, 5) is 27.7. The van der Waals surface area contributed by atoms with E-state index >= 15 is 0 Å². The predicted molar refractivity (Wildman–Crippen MR) is 131 cm³/mol. The van der Waals surface area contributed by atoms with E-state index < -0.39 is 0 Å². The van der Waals surface area contributed by atoms with Crippen molar-refractivity contribution in [1.82, 2.24) is 10.8 Å². The lowest BCUT2D eigenvalue weighted by molar-refractivity contribution is -0.114. The molecule has 2 aromatic carbocycles. The molecular formula is C25H32N4O5. The topological polar surface area (TPSA) is 103 Å². The number of carbonyl (C=O) groups excluding carboxylic acids is 1. The Morgan fingerprint density at radius 3 is 2.26 bits per heavy atom. The largest absolute Gasteiger partial charge is 0.493 e. The predicted octanol–water partition coefficient (Wildman–Crippen LogP) is 3.40. The highest BCUT2D eigenvalue weighted by atomic mass is 16.6. The molecule has 0 unspecified atom stereocenters. The maximum atomic E-state index is 12.2. The lowest BCUT2D eigenvalue weighted by Gasteiger charge is -2.15. The fourth-order valence-corrected chi connectivity index (χ4v) is 2.89. The number of hydroxylamine groups is 1. The van der Waals surface area contributed by atoms with Gasteiger partial charge >= 0.3 is 0 Å². The van der Waals surface area contributed by atoms with Gasteiger partial charge in [-0.1, -0.05) is 55.0 Å². The number of ether oxygens (including phenoxy) is 1. The van der Waals surface area contributed by atoms with Crippen molar-refractivity contribution in [3.05, 3.63) is 77.5 Å². The van der Waals surface area contributed by atoms with E-state index in [1.54, 1.807) is 12.1 Å². The van der Waals surface area contributed by atoms with E-state index in [0.29, 0.717) is 29.5 Å². The van der Waals surface area contributed by atoms with Crippen LogP contribution in [0.3, 0.4) is 0 Å². The molecule has 2 N–H and O–H groups in total. The van der Waals surface area contributed by atoms with Crippen molar-refractivity contribution in [1.29, 1.82) is 0 Å². The van der Waals surface area contributed by atoms with Crippen LogP contribution in [0.25, 0.3) is 0 Å². The summed E-state index contributed by atoms with van der Waals surface area (Å²) in [5.41, 5.74) is 5.89. The Bertz CT molecular complexity index is 1020. The molecule has 0 heterocycles. The number of rotatable bonds is 13. The summed E-state index contributed by atoms with van der Waals surface area (Å²) in [5, 5.41) is 10.5. The number of oxime groups is 2. The molecular weight excluding hydrogens is 436 g/mol. The highest BCUT2D eigenvalue weighted by molar-refractivity contribution is 6.45. The Morgan fingerprint density at radius 1 is 1.00 bits per heavy atom. The number of hydrogen-bond donors (Lipinski definition) is 2.